The summed E-state index contributed by atoms with van der Waals surface area (Å²) in [7, 11) is 0. The van der Waals surface area contributed by atoms with E-state index in [1.165, 1.54) is 0 Å². The number of nitrogens with two attached hydrogens (primary N) is 1. The molecular formula is C13H14BrClFN3. The highest BCUT2D eigenvalue weighted by Crippen LogP contribution is 2.32. The lowest BCUT2D eigenvalue weighted by Gasteiger charge is -2.15. The predicted molar refractivity (Wildman–Crippen MR) is 77.8 cm³/mol. The average Bonchev–Trinajstić information content (AvgIpc) is 2.77. The molecule has 0 fully saturated rings. The van der Waals surface area contributed by atoms with Crippen molar-refractivity contribution in [1.29, 1.82) is 0 Å². The summed E-state index contributed by atoms with van der Waals surface area (Å²) in [5.74, 6) is -0.495. The van der Waals surface area contributed by atoms with Crippen molar-refractivity contribution < 1.29 is 4.39 Å². The van der Waals surface area contributed by atoms with E-state index in [1.54, 1.807) is 16.8 Å². The van der Waals surface area contributed by atoms with E-state index in [2.05, 4.69) is 21.0 Å². The van der Waals surface area contributed by atoms with Gasteiger partial charge < -0.3 is 5.73 Å². The Morgan fingerprint density at radius 1 is 1.53 bits per heavy atom. The van der Waals surface area contributed by atoms with E-state index in [4.69, 9.17) is 17.3 Å². The lowest BCUT2D eigenvalue weighted by molar-refractivity contribution is 0.566. The van der Waals surface area contributed by atoms with Crippen molar-refractivity contribution >= 4 is 27.5 Å². The Hall–Kier alpha value is -0.910. The molecule has 3 nitrogen and oxygen atoms in total. The van der Waals surface area contributed by atoms with E-state index in [0.717, 1.165) is 11.4 Å². The molecule has 1 unspecified atom stereocenters. The molecule has 2 aromatic rings. The summed E-state index contributed by atoms with van der Waals surface area (Å²) in [5.41, 5.74) is 8.15. The second kappa shape index (κ2) is 5.61. The van der Waals surface area contributed by atoms with Gasteiger partial charge in [0.15, 0.2) is 0 Å². The summed E-state index contributed by atoms with van der Waals surface area (Å²) in [5, 5.41) is 4.37. The van der Waals surface area contributed by atoms with E-state index in [0.29, 0.717) is 16.6 Å². The van der Waals surface area contributed by atoms with Crippen molar-refractivity contribution in [2.24, 2.45) is 5.73 Å². The number of halogens is 3. The number of hydrogen-bond acceptors (Lipinski definition) is 2. The van der Waals surface area contributed by atoms with Gasteiger partial charge in [-0.15, -0.1) is 0 Å². The molecule has 6 heteroatoms. The molecule has 1 heterocycles. The van der Waals surface area contributed by atoms with Gasteiger partial charge in [-0.3, -0.25) is 4.68 Å². The average molecular weight is 347 g/mol. The Bertz CT molecular complexity index is 612. The molecule has 0 saturated heterocycles. The number of benzene rings is 1. The summed E-state index contributed by atoms with van der Waals surface area (Å²) < 4.78 is 16.5. The lowest BCUT2D eigenvalue weighted by atomic mass is 10.0. The Balaban J connectivity index is 2.49. The maximum Gasteiger partial charge on any atom is 0.148 e. The van der Waals surface area contributed by atoms with Crippen LogP contribution in [0.25, 0.3) is 0 Å². The van der Waals surface area contributed by atoms with E-state index in [-0.39, 0.29) is 5.02 Å². The molecule has 0 radical (unpaired) electrons. The van der Waals surface area contributed by atoms with E-state index in [9.17, 15) is 4.39 Å². The van der Waals surface area contributed by atoms with Gasteiger partial charge in [-0.05, 0) is 41.9 Å². The predicted octanol–water partition coefficient (Wildman–Crippen LogP) is 3.81. The molecule has 1 aromatic carbocycles. The van der Waals surface area contributed by atoms with Crippen LogP contribution in [0.4, 0.5) is 4.39 Å². The first-order chi connectivity index (χ1) is 8.95. The normalized spacial score (nSPS) is 12.7. The van der Waals surface area contributed by atoms with Gasteiger partial charge in [0, 0.05) is 16.6 Å². The molecule has 1 aromatic heterocycles. The Morgan fingerprint density at radius 2 is 2.21 bits per heavy atom. The maximum atomic E-state index is 14.2. The second-order valence-corrected chi connectivity index (χ2v) is 5.50. The van der Waals surface area contributed by atoms with Crippen LogP contribution in [0.1, 0.15) is 29.9 Å². The first-order valence-corrected chi connectivity index (χ1v) is 7.06. The Labute approximate surface area is 124 Å². The minimum Gasteiger partial charge on any atom is -0.319 e. The van der Waals surface area contributed by atoms with Crippen LogP contribution in [0.3, 0.4) is 0 Å². The molecule has 2 N–H and O–H groups in total. The van der Waals surface area contributed by atoms with Gasteiger partial charge in [-0.2, -0.15) is 5.10 Å². The van der Waals surface area contributed by atoms with E-state index >= 15 is 0 Å². The molecule has 2 rings (SSSR count). The van der Waals surface area contributed by atoms with Crippen LogP contribution >= 0.6 is 27.5 Å². The minimum atomic E-state index is -0.591. The highest BCUT2D eigenvalue weighted by Gasteiger charge is 2.20. The number of aromatic nitrogens is 2. The molecule has 1 atom stereocenters. The third kappa shape index (κ3) is 2.68. The van der Waals surface area contributed by atoms with Crippen molar-refractivity contribution in [3.8, 4) is 0 Å². The maximum absolute atomic E-state index is 14.2. The van der Waals surface area contributed by atoms with Crippen LogP contribution in [-0.4, -0.2) is 9.78 Å². The topological polar surface area (TPSA) is 43.8 Å². The van der Waals surface area contributed by atoms with Crippen molar-refractivity contribution in [3.63, 3.8) is 0 Å². The number of rotatable bonds is 3. The second-order valence-electron chi connectivity index (χ2n) is 4.27. The zero-order chi connectivity index (χ0) is 14.2. The largest absolute Gasteiger partial charge is 0.319 e. The Morgan fingerprint density at radius 3 is 2.84 bits per heavy atom. The first-order valence-electron chi connectivity index (χ1n) is 5.89. The van der Waals surface area contributed by atoms with Crippen LogP contribution in [0.2, 0.25) is 5.02 Å². The van der Waals surface area contributed by atoms with Crippen LogP contribution in [0.5, 0.6) is 0 Å². The van der Waals surface area contributed by atoms with Gasteiger partial charge in [0.25, 0.3) is 0 Å². The summed E-state index contributed by atoms with van der Waals surface area (Å²) in [6.07, 6.45) is 0. The molecule has 0 spiro atoms. The van der Waals surface area contributed by atoms with Crippen LogP contribution in [0, 0.1) is 12.7 Å². The molecule has 102 valence electrons. The third-order valence-electron chi connectivity index (χ3n) is 2.95. The molecular weight excluding hydrogens is 333 g/mol. The highest BCUT2D eigenvalue weighted by atomic mass is 79.9. The fraction of sp³-hybridized carbons (Fsp3) is 0.308. The minimum absolute atomic E-state index is 0.0484. The van der Waals surface area contributed by atoms with Gasteiger partial charge in [0.05, 0.1) is 22.5 Å². The van der Waals surface area contributed by atoms with Gasteiger partial charge in [0.1, 0.15) is 5.82 Å². The van der Waals surface area contributed by atoms with Crippen LogP contribution in [0.15, 0.2) is 22.7 Å². The van der Waals surface area contributed by atoms with Gasteiger partial charge >= 0.3 is 0 Å². The van der Waals surface area contributed by atoms with Crippen LogP contribution in [-0.2, 0) is 6.54 Å². The molecule has 0 aliphatic heterocycles. The number of nitrogens with zero attached hydrogens (tertiary/aromatic N) is 2. The zero-order valence-corrected chi connectivity index (χ0v) is 13.0. The molecule has 0 amide bonds. The van der Waals surface area contributed by atoms with Crippen molar-refractivity contribution in [2.75, 3.05) is 0 Å². The van der Waals surface area contributed by atoms with Gasteiger partial charge in [0.2, 0.25) is 0 Å². The van der Waals surface area contributed by atoms with Crippen LogP contribution < -0.4 is 5.73 Å². The standard InChI is InChI=1S/C13H14BrClFN3/c1-3-19-10(6-7(2)18-19)13(17)8-4-5-9(14)11(15)12(8)16/h4-6,13H,3,17H2,1-2H3. The molecule has 19 heavy (non-hydrogen) atoms. The summed E-state index contributed by atoms with van der Waals surface area (Å²) >= 11 is 9.08. The van der Waals surface area contributed by atoms with E-state index in [1.807, 2.05) is 19.9 Å². The lowest BCUT2D eigenvalue weighted by Crippen LogP contribution is -2.18. The fourth-order valence-corrected chi connectivity index (χ4v) is 2.49. The van der Waals surface area contributed by atoms with Gasteiger partial charge in [-0.25, -0.2) is 4.39 Å². The van der Waals surface area contributed by atoms with Gasteiger partial charge in [-0.1, -0.05) is 17.7 Å². The molecule has 0 saturated carbocycles. The van der Waals surface area contributed by atoms with Crippen molar-refractivity contribution in [1.82, 2.24) is 9.78 Å². The molecule has 0 aliphatic rings. The van der Waals surface area contributed by atoms with Crippen molar-refractivity contribution in [2.45, 2.75) is 26.4 Å². The molecule has 0 bridgehead atoms. The highest BCUT2D eigenvalue weighted by molar-refractivity contribution is 9.10. The summed E-state index contributed by atoms with van der Waals surface area (Å²) in [6.45, 7) is 4.53. The Kier molecular flexibility index (Phi) is 4.28. The molecule has 0 aliphatic carbocycles. The summed E-state index contributed by atoms with van der Waals surface area (Å²) in [6, 6.07) is 4.61. The smallest absolute Gasteiger partial charge is 0.148 e. The fourth-order valence-electron chi connectivity index (χ4n) is 2.01. The third-order valence-corrected chi connectivity index (χ3v) is 4.21. The van der Waals surface area contributed by atoms with Crippen molar-refractivity contribution in [3.05, 3.63) is 50.5 Å². The first kappa shape index (κ1) is 14.5. The number of aryl methyl sites for hydroxylation is 2. The monoisotopic (exact) mass is 345 g/mol. The van der Waals surface area contributed by atoms with E-state index < -0.39 is 11.9 Å². The zero-order valence-electron chi connectivity index (χ0n) is 10.6. The SMILES string of the molecule is CCn1nc(C)cc1C(N)c1ccc(Br)c(Cl)c1F. The summed E-state index contributed by atoms with van der Waals surface area (Å²) in [4.78, 5) is 0. The number of hydrogen-bond donors (Lipinski definition) is 1. The quantitative estimate of drug-likeness (QED) is 0.859.